The van der Waals surface area contributed by atoms with Crippen molar-refractivity contribution in [2.24, 2.45) is 5.92 Å². The fraction of sp³-hybridized carbons (Fsp3) is 0.700. The molecule has 14 heavy (non-hydrogen) atoms. The van der Waals surface area contributed by atoms with Gasteiger partial charge in [-0.15, -0.1) is 6.58 Å². The van der Waals surface area contributed by atoms with Crippen LogP contribution in [0, 0.1) is 5.92 Å². The van der Waals surface area contributed by atoms with Crippen LogP contribution in [0.3, 0.4) is 0 Å². The molecule has 0 spiro atoms. The Balaban J connectivity index is 2.47. The van der Waals surface area contributed by atoms with E-state index in [0.717, 1.165) is 0 Å². The van der Waals surface area contributed by atoms with Crippen LogP contribution in [-0.4, -0.2) is 38.3 Å². The van der Waals surface area contributed by atoms with Crippen molar-refractivity contribution >= 4 is 5.91 Å². The van der Waals surface area contributed by atoms with Gasteiger partial charge in [-0.25, -0.2) is 0 Å². The molecule has 1 heterocycles. The predicted molar refractivity (Wildman–Crippen MR) is 55.0 cm³/mol. The first-order valence-corrected chi connectivity index (χ1v) is 4.87. The fourth-order valence-corrected chi connectivity index (χ4v) is 1.49. The van der Waals surface area contributed by atoms with Crippen molar-refractivity contribution in [2.45, 2.75) is 19.0 Å². The number of hydrogen-bond donors (Lipinski definition) is 2. The fourth-order valence-electron chi connectivity index (χ4n) is 1.49. The Morgan fingerprint density at radius 1 is 1.64 bits per heavy atom. The van der Waals surface area contributed by atoms with Crippen LogP contribution < -0.4 is 10.6 Å². The highest BCUT2D eigenvalue weighted by Crippen LogP contribution is 2.13. The van der Waals surface area contributed by atoms with Crippen LogP contribution >= 0.6 is 0 Å². The molecule has 1 saturated heterocycles. The Hall–Kier alpha value is -0.870. The number of carbonyl (C=O) groups is 1. The summed E-state index contributed by atoms with van der Waals surface area (Å²) in [5.74, 6) is -0.0448. The van der Waals surface area contributed by atoms with Gasteiger partial charge in [0.05, 0.1) is 19.1 Å². The van der Waals surface area contributed by atoms with E-state index in [-0.39, 0.29) is 23.9 Å². The molecule has 0 saturated carbocycles. The second-order valence-electron chi connectivity index (χ2n) is 3.57. The third kappa shape index (κ3) is 2.56. The van der Waals surface area contributed by atoms with Crippen LogP contribution in [0.15, 0.2) is 12.7 Å². The molecule has 4 nitrogen and oxygen atoms in total. The van der Waals surface area contributed by atoms with Crippen LogP contribution in [-0.2, 0) is 9.53 Å². The molecule has 1 rings (SSSR count). The average Bonchev–Trinajstić information content (AvgIpc) is 2.65. The maximum absolute atomic E-state index is 11.7. The number of likely N-dealkylation sites (N-methyl/N-ethyl adjacent to an activating group) is 1. The maximum Gasteiger partial charge on any atom is 0.227 e. The van der Waals surface area contributed by atoms with E-state index in [0.29, 0.717) is 13.2 Å². The van der Waals surface area contributed by atoms with Crippen molar-refractivity contribution in [3.63, 3.8) is 0 Å². The standard InChI is InChI=1S/C10H18N2O2/c1-4-7(2)12-10(13)8-5-14-6-9(8)11-3/h4,7-9,11H,1,5-6H2,2-3H3,(H,12,13). The highest BCUT2D eigenvalue weighted by atomic mass is 16.5. The molecule has 0 aromatic carbocycles. The molecule has 1 fully saturated rings. The molecule has 4 heteroatoms. The van der Waals surface area contributed by atoms with Gasteiger partial charge in [-0.3, -0.25) is 4.79 Å². The number of nitrogens with one attached hydrogen (secondary N) is 2. The molecule has 1 aliphatic heterocycles. The first-order chi connectivity index (χ1) is 6.69. The van der Waals surface area contributed by atoms with Gasteiger partial charge in [0.25, 0.3) is 0 Å². The van der Waals surface area contributed by atoms with Crippen molar-refractivity contribution in [1.29, 1.82) is 0 Å². The van der Waals surface area contributed by atoms with Gasteiger partial charge in [0.1, 0.15) is 0 Å². The molecule has 80 valence electrons. The van der Waals surface area contributed by atoms with E-state index in [1.165, 1.54) is 0 Å². The summed E-state index contributed by atoms with van der Waals surface area (Å²) in [6.45, 7) is 6.63. The summed E-state index contributed by atoms with van der Waals surface area (Å²) >= 11 is 0. The van der Waals surface area contributed by atoms with Crippen molar-refractivity contribution in [3.05, 3.63) is 12.7 Å². The Bertz CT molecular complexity index is 218. The smallest absolute Gasteiger partial charge is 0.227 e. The molecule has 3 unspecified atom stereocenters. The normalized spacial score (nSPS) is 28.4. The summed E-state index contributed by atoms with van der Waals surface area (Å²) in [7, 11) is 1.84. The minimum Gasteiger partial charge on any atom is -0.379 e. The van der Waals surface area contributed by atoms with Crippen molar-refractivity contribution < 1.29 is 9.53 Å². The molecule has 1 aliphatic rings. The quantitative estimate of drug-likeness (QED) is 0.621. The number of carbonyl (C=O) groups excluding carboxylic acids is 1. The molecule has 0 aliphatic carbocycles. The van der Waals surface area contributed by atoms with Crippen LogP contribution in [0.25, 0.3) is 0 Å². The zero-order valence-electron chi connectivity index (χ0n) is 8.75. The number of ether oxygens (including phenoxy) is 1. The van der Waals surface area contributed by atoms with Crippen LogP contribution in [0.2, 0.25) is 0 Å². The number of hydrogen-bond acceptors (Lipinski definition) is 3. The Morgan fingerprint density at radius 3 is 2.93 bits per heavy atom. The zero-order chi connectivity index (χ0) is 10.6. The minimum atomic E-state index is -0.0811. The van der Waals surface area contributed by atoms with Gasteiger partial charge in [-0.1, -0.05) is 6.08 Å². The summed E-state index contributed by atoms with van der Waals surface area (Å²) in [4.78, 5) is 11.7. The van der Waals surface area contributed by atoms with Crippen LogP contribution in [0.1, 0.15) is 6.92 Å². The van der Waals surface area contributed by atoms with Crippen molar-refractivity contribution in [2.75, 3.05) is 20.3 Å². The second-order valence-corrected chi connectivity index (χ2v) is 3.57. The topological polar surface area (TPSA) is 50.4 Å². The largest absolute Gasteiger partial charge is 0.379 e. The summed E-state index contributed by atoms with van der Waals surface area (Å²) in [6, 6.07) is 0.146. The third-order valence-electron chi connectivity index (χ3n) is 2.51. The highest BCUT2D eigenvalue weighted by Gasteiger charge is 2.32. The summed E-state index contributed by atoms with van der Waals surface area (Å²) in [5, 5.41) is 5.93. The Morgan fingerprint density at radius 2 is 2.36 bits per heavy atom. The van der Waals surface area contributed by atoms with Gasteiger partial charge in [-0.05, 0) is 14.0 Å². The molecule has 0 aromatic heterocycles. The maximum atomic E-state index is 11.7. The molecular weight excluding hydrogens is 180 g/mol. The monoisotopic (exact) mass is 198 g/mol. The van der Waals surface area contributed by atoms with Crippen LogP contribution in [0.5, 0.6) is 0 Å². The third-order valence-corrected chi connectivity index (χ3v) is 2.51. The number of rotatable bonds is 4. The lowest BCUT2D eigenvalue weighted by Gasteiger charge is -2.18. The highest BCUT2D eigenvalue weighted by molar-refractivity contribution is 5.80. The predicted octanol–water partition coefficient (Wildman–Crippen LogP) is -0.0885. The van der Waals surface area contributed by atoms with Crippen molar-refractivity contribution in [3.8, 4) is 0 Å². The van der Waals surface area contributed by atoms with Gasteiger partial charge in [0, 0.05) is 12.1 Å². The first-order valence-electron chi connectivity index (χ1n) is 4.87. The van der Waals surface area contributed by atoms with E-state index < -0.39 is 0 Å². The van der Waals surface area contributed by atoms with E-state index in [1.54, 1.807) is 6.08 Å². The van der Waals surface area contributed by atoms with E-state index in [4.69, 9.17) is 4.74 Å². The lowest BCUT2D eigenvalue weighted by Crippen LogP contribution is -2.44. The minimum absolute atomic E-state index is 0.0145. The molecule has 2 N–H and O–H groups in total. The van der Waals surface area contributed by atoms with Gasteiger partial charge in [0.15, 0.2) is 0 Å². The zero-order valence-corrected chi connectivity index (χ0v) is 8.75. The SMILES string of the molecule is C=CC(C)NC(=O)C1COCC1NC. The molecule has 0 bridgehead atoms. The summed E-state index contributed by atoms with van der Waals surface area (Å²) in [6.07, 6.45) is 1.71. The second kappa shape index (κ2) is 5.12. The molecule has 1 amide bonds. The lowest BCUT2D eigenvalue weighted by molar-refractivity contribution is -0.125. The first kappa shape index (κ1) is 11.2. The van der Waals surface area contributed by atoms with E-state index in [9.17, 15) is 4.79 Å². The van der Waals surface area contributed by atoms with Gasteiger partial charge in [-0.2, -0.15) is 0 Å². The van der Waals surface area contributed by atoms with Crippen LogP contribution in [0.4, 0.5) is 0 Å². The Labute approximate surface area is 84.7 Å². The summed E-state index contributed by atoms with van der Waals surface area (Å²) < 4.78 is 5.25. The molecule has 0 radical (unpaired) electrons. The van der Waals surface area contributed by atoms with E-state index in [1.807, 2.05) is 14.0 Å². The molecular formula is C10H18N2O2. The average molecular weight is 198 g/mol. The van der Waals surface area contributed by atoms with Gasteiger partial charge < -0.3 is 15.4 Å². The molecule has 3 atom stereocenters. The lowest BCUT2D eigenvalue weighted by atomic mass is 10.0. The summed E-state index contributed by atoms with van der Waals surface area (Å²) in [5.41, 5.74) is 0. The van der Waals surface area contributed by atoms with Crippen molar-refractivity contribution in [1.82, 2.24) is 10.6 Å². The van der Waals surface area contributed by atoms with Gasteiger partial charge >= 0.3 is 0 Å². The van der Waals surface area contributed by atoms with E-state index in [2.05, 4.69) is 17.2 Å². The Kier molecular flexibility index (Phi) is 4.10. The molecule has 0 aromatic rings. The van der Waals surface area contributed by atoms with Gasteiger partial charge in [0.2, 0.25) is 5.91 Å². The number of amides is 1. The van der Waals surface area contributed by atoms with E-state index >= 15 is 0 Å².